The number of rotatable bonds is 5. The van der Waals surface area contributed by atoms with Gasteiger partial charge in [0.2, 0.25) is 10.0 Å². The zero-order chi connectivity index (χ0) is 13.9. The monoisotopic (exact) mass is 288 g/mol. The van der Waals surface area contributed by atoms with Crippen molar-refractivity contribution in [3.63, 3.8) is 0 Å². The Balaban J connectivity index is 3.19. The average Bonchev–Trinajstić information content (AvgIpc) is 2.28. The highest BCUT2D eigenvalue weighted by Crippen LogP contribution is 2.18. The Kier molecular flexibility index (Phi) is 4.80. The number of hydrogen-bond donors (Lipinski definition) is 2. The maximum atomic E-state index is 12.1. The van der Waals surface area contributed by atoms with E-state index in [9.17, 15) is 8.42 Å². The van der Waals surface area contributed by atoms with Gasteiger partial charge < -0.3 is 10.8 Å². The lowest BCUT2D eigenvalue weighted by Gasteiger charge is -2.16. The van der Waals surface area contributed by atoms with Crippen molar-refractivity contribution in [2.75, 3.05) is 20.2 Å². The second-order valence-electron chi connectivity index (χ2n) is 3.89. The number of aryl methyl sites for hydroxylation is 1. The molecule has 0 heterocycles. The standard InChI is InChI=1S/C11H16N2O3S2/c1-8-7-9(3-4-10(8)11(12)17)18(15,16)13(2)5-6-14/h3-4,7,14H,5-6H2,1-2H3,(H2,12,17). The topological polar surface area (TPSA) is 83.6 Å². The summed E-state index contributed by atoms with van der Waals surface area (Å²) in [5, 5.41) is 8.78. The number of nitrogens with two attached hydrogens (primary N) is 1. The van der Waals surface area contributed by atoms with Crippen LogP contribution in [-0.2, 0) is 10.0 Å². The summed E-state index contributed by atoms with van der Waals surface area (Å²) in [5.41, 5.74) is 6.89. The van der Waals surface area contributed by atoms with Gasteiger partial charge in [0.25, 0.3) is 0 Å². The minimum absolute atomic E-state index is 0.0540. The van der Waals surface area contributed by atoms with Crippen LogP contribution in [0.3, 0.4) is 0 Å². The average molecular weight is 288 g/mol. The van der Waals surface area contributed by atoms with Gasteiger partial charge in [-0.2, -0.15) is 4.31 Å². The molecule has 0 aliphatic heterocycles. The fourth-order valence-corrected chi connectivity index (χ4v) is 2.99. The minimum atomic E-state index is -3.58. The van der Waals surface area contributed by atoms with Crippen molar-refractivity contribution in [2.45, 2.75) is 11.8 Å². The summed E-state index contributed by atoms with van der Waals surface area (Å²) in [6.45, 7) is 1.58. The number of likely N-dealkylation sites (N-methyl/N-ethyl adjacent to an activating group) is 1. The molecule has 0 atom stereocenters. The fourth-order valence-electron chi connectivity index (χ4n) is 1.51. The van der Waals surface area contributed by atoms with Gasteiger partial charge in [-0.1, -0.05) is 18.3 Å². The van der Waals surface area contributed by atoms with E-state index in [4.69, 9.17) is 23.1 Å². The van der Waals surface area contributed by atoms with Crippen LogP contribution in [0.1, 0.15) is 11.1 Å². The predicted molar refractivity (Wildman–Crippen MR) is 74.0 cm³/mol. The lowest BCUT2D eigenvalue weighted by molar-refractivity contribution is 0.266. The van der Waals surface area contributed by atoms with E-state index in [1.165, 1.54) is 19.2 Å². The molecule has 0 bridgehead atoms. The second-order valence-corrected chi connectivity index (χ2v) is 6.38. The van der Waals surface area contributed by atoms with E-state index in [2.05, 4.69) is 0 Å². The molecule has 0 amide bonds. The number of nitrogens with zero attached hydrogens (tertiary/aromatic N) is 1. The van der Waals surface area contributed by atoms with Crippen LogP contribution in [0.4, 0.5) is 0 Å². The van der Waals surface area contributed by atoms with E-state index in [1.54, 1.807) is 13.0 Å². The molecule has 0 spiro atoms. The SMILES string of the molecule is Cc1cc(S(=O)(=O)N(C)CCO)ccc1C(N)=S. The smallest absolute Gasteiger partial charge is 0.242 e. The maximum Gasteiger partial charge on any atom is 0.242 e. The lowest BCUT2D eigenvalue weighted by atomic mass is 10.1. The van der Waals surface area contributed by atoms with Crippen molar-refractivity contribution in [2.24, 2.45) is 5.73 Å². The Bertz CT molecular complexity index is 555. The van der Waals surface area contributed by atoms with Crippen molar-refractivity contribution in [3.8, 4) is 0 Å². The Morgan fingerprint density at radius 3 is 2.56 bits per heavy atom. The molecular weight excluding hydrogens is 272 g/mol. The third-order valence-corrected chi connectivity index (χ3v) is 4.66. The number of thiocarbonyl (C=S) groups is 1. The predicted octanol–water partition coefficient (Wildman–Crippen LogP) is 0.242. The van der Waals surface area contributed by atoms with Crippen molar-refractivity contribution in [1.82, 2.24) is 4.31 Å². The largest absolute Gasteiger partial charge is 0.395 e. The number of hydrogen-bond acceptors (Lipinski definition) is 4. The molecule has 3 N–H and O–H groups in total. The maximum absolute atomic E-state index is 12.1. The van der Waals surface area contributed by atoms with Gasteiger partial charge in [0.1, 0.15) is 4.99 Å². The molecule has 1 aromatic rings. The highest BCUT2D eigenvalue weighted by molar-refractivity contribution is 7.89. The van der Waals surface area contributed by atoms with Crippen LogP contribution in [0.25, 0.3) is 0 Å². The van der Waals surface area contributed by atoms with Crippen LogP contribution >= 0.6 is 12.2 Å². The van der Waals surface area contributed by atoms with Crippen molar-refractivity contribution in [1.29, 1.82) is 0 Å². The number of aliphatic hydroxyl groups is 1. The molecule has 0 saturated carbocycles. The van der Waals surface area contributed by atoms with Gasteiger partial charge in [0.15, 0.2) is 0 Å². The zero-order valence-corrected chi connectivity index (χ0v) is 11.9. The molecule has 18 heavy (non-hydrogen) atoms. The van der Waals surface area contributed by atoms with Gasteiger partial charge >= 0.3 is 0 Å². The van der Waals surface area contributed by atoms with Gasteiger partial charge in [-0.25, -0.2) is 8.42 Å². The number of sulfonamides is 1. The van der Waals surface area contributed by atoms with E-state index < -0.39 is 10.0 Å². The number of aliphatic hydroxyl groups excluding tert-OH is 1. The summed E-state index contributed by atoms with van der Waals surface area (Å²) in [6.07, 6.45) is 0. The van der Waals surface area contributed by atoms with Gasteiger partial charge in [0, 0.05) is 19.2 Å². The van der Waals surface area contributed by atoms with E-state index in [1.807, 2.05) is 0 Å². The molecular formula is C11H16N2O3S2. The Morgan fingerprint density at radius 2 is 2.11 bits per heavy atom. The molecule has 0 radical (unpaired) electrons. The molecule has 0 aliphatic rings. The van der Waals surface area contributed by atoms with Crippen LogP contribution in [-0.4, -0.2) is 43.0 Å². The summed E-state index contributed by atoms with van der Waals surface area (Å²) in [7, 11) is -2.16. The van der Waals surface area contributed by atoms with Crippen LogP contribution in [0.2, 0.25) is 0 Å². The van der Waals surface area contributed by atoms with Crippen LogP contribution in [0, 0.1) is 6.92 Å². The molecule has 0 aromatic heterocycles. The first-order valence-corrected chi connectivity index (χ1v) is 7.13. The normalized spacial score (nSPS) is 11.8. The summed E-state index contributed by atoms with van der Waals surface area (Å²) in [6, 6.07) is 4.58. The van der Waals surface area contributed by atoms with E-state index in [0.717, 1.165) is 4.31 Å². The third kappa shape index (κ3) is 3.05. The van der Waals surface area contributed by atoms with Crippen molar-refractivity contribution >= 4 is 27.2 Å². The first-order chi connectivity index (χ1) is 8.30. The minimum Gasteiger partial charge on any atom is -0.395 e. The molecule has 0 saturated heterocycles. The Hall–Kier alpha value is -1.02. The fraction of sp³-hybridized carbons (Fsp3) is 0.364. The summed E-state index contributed by atoms with van der Waals surface area (Å²) < 4.78 is 25.3. The van der Waals surface area contributed by atoms with E-state index in [0.29, 0.717) is 11.1 Å². The second kappa shape index (κ2) is 5.75. The quantitative estimate of drug-likeness (QED) is 0.758. The zero-order valence-electron chi connectivity index (χ0n) is 10.3. The van der Waals surface area contributed by atoms with Gasteiger partial charge in [-0.05, 0) is 24.6 Å². The summed E-state index contributed by atoms with van der Waals surface area (Å²) in [4.78, 5) is 0.399. The van der Waals surface area contributed by atoms with Gasteiger partial charge in [0.05, 0.1) is 11.5 Å². The number of benzene rings is 1. The molecule has 0 fully saturated rings. The van der Waals surface area contributed by atoms with Gasteiger partial charge in [-0.3, -0.25) is 0 Å². The van der Waals surface area contributed by atoms with Crippen LogP contribution in [0.5, 0.6) is 0 Å². The Labute approximate surface area is 112 Å². The molecule has 100 valence electrons. The third-order valence-electron chi connectivity index (χ3n) is 2.59. The van der Waals surface area contributed by atoms with Crippen LogP contribution in [0.15, 0.2) is 23.1 Å². The molecule has 1 rings (SSSR count). The Morgan fingerprint density at radius 1 is 1.50 bits per heavy atom. The first kappa shape index (κ1) is 15.0. The van der Waals surface area contributed by atoms with E-state index >= 15 is 0 Å². The van der Waals surface area contributed by atoms with Crippen molar-refractivity contribution in [3.05, 3.63) is 29.3 Å². The van der Waals surface area contributed by atoms with E-state index in [-0.39, 0.29) is 23.0 Å². The molecule has 0 aliphatic carbocycles. The summed E-state index contributed by atoms with van der Waals surface area (Å²) in [5.74, 6) is 0. The molecule has 7 heteroatoms. The summed E-state index contributed by atoms with van der Waals surface area (Å²) >= 11 is 4.86. The molecule has 0 unspecified atom stereocenters. The van der Waals surface area contributed by atoms with Crippen LogP contribution < -0.4 is 5.73 Å². The highest BCUT2D eigenvalue weighted by atomic mass is 32.2. The molecule has 1 aromatic carbocycles. The highest BCUT2D eigenvalue weighted by Gasteiger charge is 2.20. The lowest BCUT2D eigenvalue weighted by Crippen LogP contribution is -2.29. The van der Waals surface area contributed by atoms with Gasteiger partial charge in [-0.15, -0.1) is 0 Å². The van der Waals surface area contributed by atoms with Crippen molar-refractivity contribution < 1.29 is 13.5 Å². The first-order valence-electron chi connectivity index (χ1n) is 5.28. The molecule has 5 nitrogen and oxygen atoms in total.